The van der Waals surface area contributed by atoms with E-state index in [4.69, 9.17) is 0 Å². The highest BCUT2D eigenvalue weighted by Gasteiger charge is 2.37. The molecular weight excluding hydrogens is 370 g/mol. The summed E-state index contributed by atoms with van der Waals surface area (Å²) in [6, 6.07) is 5.58. The number of hydrogen-bond acceptors (Lipinski definition) is 2. The maximum absolute atomic E-state index is 12.9. The molecule has 0 N–H and O–H groups in total. The van der Waals surface area contributed by atoms with Gasteiger partial charge in [-0.05, 0) is 24.3 Å². The third kappa shape index (κ3) is 4.22. The zero-order chi connectivity index (χ0) is 19.0. The number of ketones is 1. The first-order valence-electron chi connectivity index (χ1n) is 6.58. The lowest BCUT2D eigenvalue weighted by Gasteiger charge is -2.14. The number of alkyl halides is 6. The molecule has 0 amide bonds. The van der Waals surface area contributed by atoms with Gasteiger partial charge in [-0.15, -0.1) is 12.6 Å². The van der Waals surface area contributed by atoms with Crippen LogP contribution in [0, 0.1) is 0 Å². The summed E-state index contributed by atoms with van der Waals surface area (Å²) in [6.45, 7) is 0. The van der Waals surface area contributed by atoms with Gasteiger partial charge in [0.1, 0.15) is 0 Å². The van der Waals surface area contributed by atoms with Crippen LogP contribution in [0.1, 0.15) is 37.4 Å². The van der Waals surface area contributed by atoms with Crippen molar-refractivity contribution in [3.63, 3.8) is 0 Å². The second-order valence-electron chi connectivity index (χ2n) is 4.97. The molecule has 132 valence electrons. The molecule has 2 nitrogen and oxygen atoms in total. The predicted octanol–water partition coefficient (Wildman–Crippen LogP) is 5.03. The van der Waals surface area contributed by atoms with E-state index in [1.165, 1.54) is 18.2 Å². The minimum Gasteiger partial charge on any atom is -0.289 e. The fourth-order valence-corrected chi connectivity index (χ4v) is 2.30. The van der Waals surface area contributed by atoms with Gasteiger partial charge in [0.2, 0.25) is 5.12 Å². The van der Waals surface area contributed by atoms with Crippen LogP contribution in [0.2, 0.25) is 0 Å². The molecule has 0 saturated heterocycles. The zero-order valence-corrected chi connectivity index (χ0v) is 13.0. The topological polar surface area (TPSA) is 34.1 Å². The van der Waals surface area contributed by atoms with E-state index in [1.54, 1.807) is 0 Å². The third-order valence-corrected chi connectivity index (χ3v) is 3.49. The standard InChI is InChI=1S/C16H8F6O2S/c17-15(18,19)9-5-8(6-10(7-9)16(20,21)22)13(23)11-3-1-2-4-12(11)14(24)25/h1-7H,(H,24,25). The summed E-state index contributed by atoms with van der Waals surface area (Å²) in [4.78, 5) is 23.8. The average molecular weight is 378 g/mol. The van der Waals surface area contributed by atoms with E-state index in [-0.39, 0.29) is 17.2 Å². The van der Waals surface area contributed by atoms with Crippen molar-refractivity contribution in [1.29, 1.82) is 0 Å². The first-order valence-corrected chi connectivity index (χ1v) is 7.02. The molecule has 0 heterocycles. The van der Waals surface area contributed by atoms with Gasteiger partial charge in [-0.25, -0.2) is 0 Å². The van der Waals surface area contributed by atoms with Crippen LogP contribution in [0.4, 0.5) is 26.3 Å². The average Bonchev–Trinajstić information content (AvgIpc) is 2.52. The largest absolute Gasteiger partial charge is 0.416 e. The van der Waals surface area contributed by atoms with Crippen molar-refractivity contribution >= 4 is 23.5 Å². The van der Waals surface area contributed by atoms with E-state index >= 15 is 0 Å². The van der Waals surface area contributed by atoms with Crippen molar-refractivity contribution in [2.75, 3.05) is 0 Å². The fraction of sp³-hybridized carbons (Fsp3) is 0.125. The Morgan fingerprint density at radius 2 is 1.20 bits per heavy atom. The number of carbonyl (C=O) groups is 2. The Balaban J connectivity index is 2.67. The molecule has 0 bridgehead atoms. The maximum atomic E-state index is 12.9. The van der Waals surface area contributed by atoms with E-state index in [2.05, 4.69) is 12.6 Å². The molecule has 0 spiro atoms. The number of halogens is 6. The van der Waals surface area contributed by atoms with E-state index in [0.717, 1.165) is 6.07 Å². The summed E-state index contributed by atoms with van der Waals surface area (Å²) in [7, 11) is 0. The summed E-state index contributed by atoms with van der Waals surface area (Å²) in [5.41, 5.74) is -4.61. The van der Waals surface area contributed by atoms with Crippen LogP contribution in [0.15, 0.2) is 42.5 Å². The van der Waals surface area contributed by atoms with Crippen LogP contribution < -0.4 is 0 Å². The molecule has 0 atom stereocenters. The predicted molar refractivity (Wildman–Crippen MR) is 79.6 cm³/mol. The maximum Gasteiger partial charge on any atom is 0.416 e. The van der Waals surface area contributed by atoms with Crippen molar-refractivity contribution in [2.24, 2.45) is 0 Å². The Morgan fingerprint density at radius 3 is 1.60 bits per heavy atom. The number of thiol groups is 1. The van der Waals surface area contributed by atoms with E-state index in [0.29, 0.717) is 12.1 Å². The van der Waals surface area contributed by atoms with Crippen molar-refractivity contribution in [3.05, 3.63) is 70.3 Å². The Bertz CT molecular complexity index is 807. The van der Waals surface area contributed by atoms with Crippen LogP contribution in [0.3, 0.4) is 0 Å². The van der Waals surface area contributed by atoms with Gasteiger partial charge in [0, 0.05) is 16.7 Å². The van der Waals surface area contributed by atoms with Crippen LogP contribution in [0.25, 0.3) is 0 Å². The lowest BCUT2D eigenvalue weighted by Crippen LogP contribution is -2.15. The minimum absolute atomic E-state index is 0.0769. The quantitative estimate of drug-likeness (QED) is 0.462. The van der Waals surface area contributed by atoms with Gasteiger partial charge < -0.3 is 0 Å². The molecule has 0 aliphatic carbocycles. The van der Waals surface area contributed by atoms with E-state index in [1.807, 2.05) is 0 Å². The normalized spacial score (nSPS) is 12.1. The Kier molecular flexibility index (Phi) is 4.99. The van der Waals surface area contributed by atoms with Gasteiger partial charge in [-0.1, -0.05) is 18.2 Å². The molecule has 2 rings (SSSR count). The van der Waals surface area contributed by atoms with Gasteiger partial charge in [-0.2, -0.15) is 26.3 Å². The Hall–Kier alpha value is -2.29. The highest BCUT2D eigenvalue weighted by atomic mass is 32.1. The number of rotatable bonds is 3. The zero-order valence-electron chi connectivity index (χ0n) is 12.1. The summed E-state index contributed by atoms with van der Waals surface area (Å²) < 4.78 is 77.2. The molecule has 25 heavy (non-hydrogen) atoms. The SMILES string of the molecule is O=C(S)c1ccccc1C(=O)c1cc(C(F)(F)F)cc(C(F)(F)F)c1. The number of hydrogen-bond donors (Lipinski definition) is 1. The molecular formula is C16H8F6O2S. The monoisotopic (exact) mass is 378 g/mol. The lowest BCUT2D eigenvalue weighted by atomic mass is 9.95. The Labute approximate surface area is 142 Å². The first-order chi connectivity index (χ1) is 11.4. The molecule has 0 aliphatic rings. The molecule has 0 aromatic heterocycles. The lowest BCUT2D eigenvalue weighted by molar-refractivity contribution is -0.143. The van der Waals surface area contributed by atoms with Gasteiger partial charge in [-0.3, -0.25) is 9.59 Å². The molecule has 0 saturated carbocycles. The van der Waals surface area contributed by atoms with Crippen LogP contribution in [0.5, 0.6) is 0 Å². The highest BCUT2D eigenvalue weighted by molar-refractivity contribution is 7.97. The minimum atomic E-state index is -5.07. The fourth-order valence-electron chi connectivity index (χ4n) is 2.11. The summed E-state index contributed by atoms with van der Waals surface area (Å²) >= 11 is 3.55. The molecule has 9 heteroatoms. The number of benzene rings is 2. The molecule has 0 fully saturated rings. The smallest absolute Gasteiger partial charge is 0.289 e. The molecule has 2 aromatic carbocycles. The highest BCUT2D eigenvalue weighted by Crippen LogP contribution is 2.36. The van der Waals surface area contributed by atoms with Crippen LogP contribution >= 0.6 is 12.6 Å². The van der Waals surface area contributed by atoms with Gasteiger partial charge in [0.05, 0.1) is 11.1 Å². The summed E-state index contributed by atoms with van der Waals surface area (Å²) in [6.07, 6.45) is -10.1. The van der Waals surface area contributed by atoms with Crippen molar-refractivity contribution in [1.82, 2.24) is 0 Å². The van der Waals surface area contributed by atoms with E-state index in [9.17, 15) is 35.9 Å². The molecule has 0 radical (unpaired) electrons. The second-order valence-corrected chi connectivity index (χ2v) is 5.38. The molecule has 2 aromatic rings. The van der Waals surface area contributed by atoms with Crippen LogP contribution in [-0.2, 0) is 12.4 Å². The molecule has 0 aliphatic heterocycles. The van der Waals surface area contributed by atoms with Gasteiger partial charge in [0.15, 0.2) is 5.78 Å². The van der Waals surface area contributed by atoms with E-state index < -0.39 is 39.9 Å². The summed E-state index contributed by atoms with van der Waals surface area (Å²) in [5.74, 6) is -1.14. The van der Waals surface area contributed by atoms with Crippen molar-refractivity contribution < 1.29 is 35.9 Å². The Morgan fingerprint density at radius 1 is 0.760 bits per heavy atom. The molecule has 0 unspecified atom stereocenters. The van der Waals surface area contributed by atoms with Gasteiger partial charge >= 0.3 is 12.4 Å². The van der Waals surface area contributed by atoms with Crippen LogP contribution in [-0.4, -0.2) is 10.9 Å². The van der Waals surface area contributed by atoms with Crippen molar-refractivity contribution in [3.8, 4) is 0 Å². The van der Waals surface area contributed by atoms with Crippen molar-refractivity contribution in [2.45, 2.75) is 12.4 Å². The first kappa shape index (κ1) is 19.0. The second kappa shape index (κ2) is 6.55. The number of carbonyl (C=O) groups excluding carboxylic acids is 2. The van der Waals surface area contributed by atoms with Gasteiger partial charge in [0.25, 0.3) is 0 Å². The third-order valence-electron chi connectivity index (χ3n) is 3.25. The summed E-state index contributed by atoms with van der Waals surface area (Å²) in [5, 5.41) is -0.841.